The number of fused-ring (bicyclic) bond motifs is 1. The van der Waals surface area contributed by atoms with Crippen LogP contribution in [0.1, 0.15) is 23.4 Å². The Bertz CT molecular complexity index is 1430. The van der Waals surface area contributed by atoms with Crippen molar-refractivity contribution >= 4 is 33.3 Å². The molecule has 0 aliphatic heterocycles. The number of anilines is 2. The number of halogens is 2. The summed E-state index contributed by atoms with van der Waals surface area (Å²) in [5.74, 6) is -1.40. The number of rotatable bonds is 7. The number of nitrogens with one attached hydrogen (secondary N) is 2. The van der Waals surface area contributed by atoms with Gasteiger partial charge < -0.3 is 26.0 Å². The van der Waals surface area contributed by atoms with E-state index in [4.69, 9.17) is 4.98 Å². The number of aryl methyl sites for hydroxylation is 2. The molecular weight excluding hydrogens is 502 g/mol. The van der Waals surface area contributed by atoms with Crippen LogP contribution in [0.4, 0.5) is 20.5 Å². The van der Waals surface area contributed by atoms with E-state index in [1.54, 1.807) is 13.1 Å². The Kier molecular flexibility index (Phi) is 6.99. The first-order valence-electron chi connectivity index (χ1n) is 11.8. The molecule has 12 heteroatoms. The van der Waals surface area contributed by atoms with Gasteiger partial charge in [0.25, 0.3) is 0 Å². The van der Waals surface area contributed by atoms with E-state index in [1.807, 2.05) is 13.0 Å². The summed E-state index contributed by atoms with van der Waals surface area (Å²) in [6.45, 7) is 3.21. The fraction of sp³-hybridized carbons (Fsp3) is 0.360. The minimum atomic E-state index is -1.13. The van der Waals surface area contributed by atoms with E-state index in [-0.39, 0.29) is 24.7 Å². The Morgan fingerprint density at radius 1 is 1.08 bits per heavy atom. The summed E-state index contributed by atoms with van der Waals surface area (Å²) in [5, 5.41) is 37.2. The molecule has 194 valence electrons. The van der Waals surface area contributed by atoms with Gasteiger partial charge >= 0.3 is 0 Å². The molecule has 1 aromatic carbocycles. The van der Waals surface area contributed by atoms with E-state index in [2.05, 4.69) is 25.6 Å². The van der Waals surface area contributed by atoms with Crippen molar-refractivity contribution < 1.29 is 24.1 Å². The van der Waals surface area contributed by atoms with Crippen LogP contribution in [0, 0.1) is 31.4 Å². The van der Waals surface area contributed by atoms with Crippen LogP contribution in [0.25, 0.3) is 20.8 Å². The second-order valence-electron chi connectivity index (χ2n) is 9.13. The van der Waals surface area contributed by atoms with Gasteiger partial charge in [-0.05, 0) is 38.5 Å². The zero-order valence-corrected chi connectivity index (χ0v) is 20.9. The molecule has 0 amide bonds. The van der Waals surface area contributed by atoms with Crippen molar-refractivity contribution in [3.63, 3.8) is 0 Å². The van der Waals surface area contributed by atoms with Gasteiger partial charge in [-0.25, -0.2) is 18.7 Å². The van der Waals surface area contributed by atoms with Crippen LogP contribution in [-0.2, 0) is 6.54 Å². The first kappa shape index (κ1) is 25.3. The van der Waals surface area contributed by atoms with Gasteiger partial charge in [-0.3, -0.25) is 4.98 Å². The summed E-state index contributed by atoms with van der Waals surface area (Å²) >= 11 is 1.43. The molecule has 3 heterocycles. The first-order chi connectivity index (χ1) is 17.7. The monoisotopic (exact) mass is 528 g/mol. The molecule has 1 saturated carbocycles. The molecule has 0 unspecified atom stereocenters. The van der Waals surface area contributed by atoms with E-state index in [1.165, 1.54) is 29.5 Å². The quantitative estimate of drug-likeness (QED) is 0.245. The van der Waals surface area contributed by atoms with Crippen LogP contribution in [0.5, 0.6) is 0 Å². The number of nitrogens with zero attached hydrogens (tertiary/aromatic N) is 4. The summed E-state index contributed by atoms with van der Waals surface area (Å²) in [7, 11) is 0. The lowest BCUT2D eigenvalue weighted by Crippen LogP contribution is -2.35. The highest BCUT2D eigenvalue weighted by atomic mass is 32.1. The smallest absolute Gasteiger partial charge is 0.225 e. The molecule has 37 heavy (non-hydrogen) atoms. The second kappa shape index (κ2) is 10.2. The third kappa shape index (κ3) is 4.97. The third-order valence-corrected chi connectivity index (χ3v) is 7.59. The van der Waals surface area contributed by atoms with Crippen LogP contribution in [-0.4, -0.2) is 60.1 Å². The van der Waals surface area contributed by atoms with E-state index in [0.29, 0.717) is 34.0 Å². The second-order valence-corrected chi connectivity index (χ2v) is 10.2. The van der Waals surface area contributed by atoms with Crippen molar-refractivity contribution in [1.29, 1.82) is 0 Å². The highest BCUT2D eigenvalue weighted by Gasteiger charge is 2.41. The average Bonchev–Trinajstić information content (AvgIpc) is 3.38. The van der Waals surface area contributed by atoms with E-state index < -0.39 is 35.8 Å². The van der Waals surface area contributed by atoms with Crippen LogP contribution in [0.3, 0.4) is 0 Å². The average molecular weight is 529 g/mol. The maximum Gasteiger partial charge on any atom is 0.225 e. The first-order valence-corrected chi connectivity index (χ1v) is 12.6. The Labute approximate surface area is 215 Å². The molecule has 4 aromatic rings. The normalized spacial score (nSPS) is 21.5. The van der Waals surface area contributed by atoms with Crippen molar-refractivity contribution in [1.82, 2.24) is 19.9 Å². The molecule has 5 rings (SSSR count). The summed E-state index contributed by atoms with van der Waals surface area (Å²) < 4.78 is 29.2. The number of aromatic nitrogens is 4. The lowest BCUT2D eigenvalue weighted by molar-refractivity contribution is 0.00446. The number of thiazole rings is 1. The molecule has 1 aliphatic rings. The van der Waals surface area contributed by atoms with Crippen molar-refractivity contribution in [3.8, 4) is 10.6 Å². The molecule has 1 aliphatic carbocycles. The summed E-state index contributed by atoms with van der Waals surface area (Å²) in [6, 6.07) is 4.98. The van der Waals surface area contributed by atoms with Gasteiger partial charge in [-0.2, -0.15) is 4.98 Å². The summed E-state index contributed by atoms with van der Waals surface area (Å²) in [4.78, 5) is 18.1. The van der Waals surface area contributed by atoms with Gasteiger partial charge in [0, 0.05) is 30.3 Å². The minimum Gasteiger partial charge on any atom is -0.396 e. The molecule has 1 fully saturated rings. The van der Waals surface area contributed by atoms with Gasteiger partial charge in [0.05, 0.1) is 34.3 Å². The number of aliphatic hydroxyl groups excluding tert-OH is 3. The van der Waals surface area contributed by atoms with E-state index in [0.717, 1.165) is 10.4 Å². The molecule has 4 atom stereocenters. The topological polar surface area (TPSA) is 136 Å². The van der Waals surface area contributed by atoms with Gasteiger partial charge in [0.15, 0.2) is 0 Å². The lowest BCUT2D eigenvalue weighted by Gasteiger charge is -2.21. The van der Waals surface area contributed by atoms with Crippen LogP contribution >= 0.6 is 11.3 Å². The summed E-state index contributed by atoms with van der Waals surface area (Å²) in [6.07, 6.45) is -0.220. The van der Waals surface area contributed by atoms with Crippen molar-refractivity contribution in [2.75, 3.05) is 17.2 Å². The molecule has 0 spiro atoms. The Morgan fingerprint density at radius 3 is 2.54 bits per heavy atom. The lowest BCUT2D eigenvalue weighted by atomic mass is 10.1. The molecular formula is C25H26F2N6O3S. The Morgan fingerprint density at radius 2 is 1.84 bits per heavy atom. The zero-order valence-electron chi connectivity index (χ0n) is 20.1. The molecule has 0 radical (unpaired) electrons. The molecule has 9 nitrogen and oxygen atoms in total. The van der Waals surface area contributed by atoms with Crippen molar-refractivity contribution in [2.24, 2.45) is 5.92 Å². The van der Waals surface area contributed by atoms with Gasteiger partial charge in [-0.1, -0.05) is 6.07 Å². The fourth-order valence-electron chi connectivity index (χ4n) is 4.54. The van der Waals surface area contributed by atoms with Crippen LogP contribution in [0.2, 0.25) is 0 Å². The van der Waals surface area contributed by atoms with E-state index >= 15 is 0 Å². The van der Waals surface area contributed by atoms with Crippen molar-refractivity contribution in [3.05, 3.63) is 59.0 Å². The number of benzene rings is 1. The highest BCUT2D eigenvalue weighted by Crippen LogP contribution is 2.38. The maximum absolute atomic E-state index is 14.1. The number of aliphatic hydroxyl groups is 3. The number of pyridine rings is 1. The van der Waals surface area contributed by atoms with E-state index in [9.17, 15) is 24.1 Å². The largest absolute Gasteiger partial charge is 0.396 e. The van der Waals surface area contributed by atoms with Gasteiger partial charge in [0.2, 0.25) is 5.95 Å². The predicted molar refractivity (Wildman–Crippen MR) is 136 cm³/mol. The number of hydrogen-bond donors (Lipinski definition) is 5. The van der Waals surface area contributed by atoms with Crippen LogP contribution < -0.4 is 10.6 Å². The number of hydrogen-bond acceptors (Lipinski definition) is 10. The van der Waals surface area contributed by atoms with Crippen molar-refractivity contribution in [2.45, 2.75) is 45.1 Å². The highest BCUT2D eigenvalue weighted by molar-refractivity contribution is 7.21. The summed E-state index contributed by atoms with van der Waals surface area (Å²) in [5.41, 5.74) is 2.56. The standard InChI is InChI=1S/C25H26F2N6O3S/c1-11-6-19-18(9-28-11)32-24(37-19)20-12(2)30-25(29-8-14-15(26)4-3-5-16(14)27)33-23(20)31-17-7-13(10-34)21(35)22(17)36/h3-6,9,13,17,21-22,34-36H,7-8,10H2,1-2H3,(H2,29,30,31,33)/t13-,17-,21-,22+/m1/s1. The van der Waals surface area contributed by atoms with Crippen LogP contribution in [0.15, 0.2) is 30.5 Å². The minimum absolute atomic E-state index is 0.122. The fourth-order valence-corrected chi connectivity index (χ4v) is 5.67. The molecule has 3 aromatic heterocycles. The Hall–Kier alpha value is -3.32. The molecule has 0 bridgehead atoms. The zero-order chi connectivity index (χ0) is 26.3. The van der Waals surface area contributed by atoms with Gasteiger partial charge in [-0.15, -0.1) is 11.3 Å². The third-order valence-electron chi connectivity index (χ3n) is 6.56. The Balaban J connectivity index is 1.53. The predicted octanol–water partition coefficient (Wildman–Crippen LogP) is 3.17. The SMILES string of the molecule is Cc1cc2sc(-c3c(C)nc(NCc4c(F)cccc4F)nc3N[C@@H]3C[C@H](CO)[C@@H](O)[C@H]3O)nc2cn1. The molecule has 5 N–H and O–H groups in total. The van der Waals surface area contributed by atoms with Gasteiger partial charge in [0.1, 0.15) is 34.1 Å². The molecule has 0 saturated heterocycles. The maximum atomic E-state index is 14.1.